The molecule has 4 aromatic carbocycles. The number of aromatic nitrogens is 1. The average molecular weight is 600 g/mol. The molecule has 0 saturated heterocycles. The molecule has 6 aromatic rings. The van der Waals surface area contributed by atoms with Gasteiger partial charge in [-0.2, -0.15) is 0 Å². The number of hydrogen-bond acceptors (Lipinski definition) is 4. The van der Waals surface area contributed by atoms with Gasteiger partial charge >= 0.3 is 0 Å². The van der Waals surface area contributed by atoms with Crippen molar-refractivity contribution in [2.45, 2.75) is 0 Å². The molecule has 0 bridgehead atoms. The molecule has 7 nitrogen and oxygen atoms in total. The minimum absolute atomic E-state index is 0.285. The van der Waals surface area contributed by atoms with Crippen molar-refractivity contribution in [3.05, 3.63) is 96.1 Å². The second-order valence-corrected chi connectivity index (χ2v) is 11.4. The molecule has 0 aliphatic heterocycles. The summed E-state index contributed by atoms with van der Waals surface area (Å²) in [6, 6.07) is 21.6. The van der Waals surface area contributed by atoms with Gasteiger partial charge in [-0.3, -0.25) is 9.10 Å². The van der Waals surface area contributed by atoms with Gasteiger partial charge in [0, 0.05) is 53.9 Å². The fourth-order valence-electron chi connectivity index (χ4n) is 5.27. The number of methoxy groups -OCH3 is 1. The Kier molecular flexibility index (Phi) is 7.23. The largest absolute Gasteiger partial charge is 0.496 e. The van der Waals surface area contributed by atoms with Gasteiger partial charge in [0.15, 0.2) is 0 Å². The highest BCUT2D eigenvalue weighted by atomic mass is 32.2. The molecular weight excluding hydrogens is 572 g/mol. The van der Waals surface area contributed by atoms with Crippen LogP contribution in [0.2, 0.25) is 0 Å². The van der Waals surface area contributed by atoms with Gasteiger partial charge in [0.1, 0.15) is 39.7 Å². The van der Waals surface area contributed by atoms with Crippen LogP contribution < -0.4 is 14.4 Å². The number of nitrogens with one attached hydrogen (secondary N) is 2. The van der Waals surface area contributed by atoms with Gasteiger partial charge in [0.2, 0.25) is 0 Å². The first-order valence-electron chi connectivity index (χ1n) is 13.3. The summed E-state index contributed by atoms with van der Waals surface area (Å²) in [7, 11) is 3.39. The van der Waals surface area contributed by atoms with E-state index in [0.717, 1.165) is 5.56 Å². The second kappa shape index (κ2) is 11.0. The third kappa shape index (κ3) is 4.93. The Morgan fingerprint density at radius 3 is 2.40 bits per heavy atom. The minimum Gasteiger partial charge on any atom is -0.496 e. The van der Waals surface area contributed by atoms with Gasteiger partial charge in [-0.15, -0.1) is 0 Å². The number of halogens is 2. The Morgan fingerprint density at radius 2 is 1.72 bits per heavy atom. The van der Waals surface area contributed by atoms with E-state index in [1.165, 1.54) is 25.2 Å². The fraction of sp³-hybridized carbons (Fsp3) is 0.121. The maximum absolute atomic E-state index is 14.5. The summed E-state index contributed by atoms with van der Waals surface area (Å²) < 4.78 is 54.4. The van der Waals surface area contributed by atoms with Crippen LogP contribution in [0.25, 0.3) is 55.6 Å². The summed E-state index contributed by atoms with van der Waals surface area (Å²) in [5.41, 5.74) is 4.94. The van der Waals surface area contributed by atoms with Crippen LogP contribution in [-0.2, 0) is 11.0 Å². The predicted octanol–water partition coefficient (Wildman–Crippen LogP) is 7.29. The number of nitrogens with zero attached hydrogens (tertiary/aromatic N) is 1. The minimum atomic E-state index is -1.40. The molecule has 0 saturated carbocycles. The second-order valence-electron chi connectivity index (χ2n) is 9.98. The Hall–Kier alpha value is -4.96. The molecule has 1 atom stereocenters. The molecule has 0 aliphatic carbocycles. The maximum atomic E-state index is 14.5. The molecule has 218 valence electrons. The van der Waals surface area contributed by atoms with Crippen LogP contribution >= 0.6 is 0 Å². The number of aromatic amines is 1. The lowest BCUT2D eigenvalue weighted by molar-refractivity contribution is 0.0964. The first-order valence-corrected chi connectivity index (χ1v) is 14.8. The summed E-state index contributed by atoms with van der Waals surface area (Å²) in [4.78, 5) is 16.4. The lowest BCUT2D eigenvalue weighted by Gasteiger charge is -2.20. The molecule has 2 N–H and O–H groups in total. The van der Waals surface area contributed by atoms with Crippen LogP contribution in [0.3, 0.4) is 0 Å². The van der Waals surface area contributed by atoms with E-state index < -0.39 is 16.8 Å². The van der Waals surface area contributed by atoms with E-state index in [0.29, 0.717) is 55.7 Å². The highest BCUT2D eigenvalue weighted by Crippen LogP contribution is 2.43. The summed E-state index contributed by atoms with van der Waals surface area (Å²) in [6.07, 6.45) is 1.56. The highest BCUT2D eigenvalue weighted by molar-refractivity contribution is 7.85. The Morgan fingerprint density at radius 1 is 0.977 bits per heavy atom. The van der Waals surface area contributed by atoms with Crippen LogP contribution in [0.4, 0.5) is 14.5 Å². The zero-order chi connectivity index (χ0) is 30.4. The summed E-state index contributed by atoms with van der Waals surface area (Å²) >= 11 is 0. The van der Waals surface area contributed by atoms with Crippen LogP contribution in [0, 0.1) is 11.6 Å². The number of furan rings is 1. The van der Waals surface area contributed by atoms with E-state index in [9.17, 15) is 17.8 Å². The van der Waals surface area contributed by atoms with E-state index >= 15 is 0 Å². The fourth-order valence-corrected chi connectivity index (χ4v) is 5.70. The normalized spacial score (nSPS) is 12.0. The smallest absolute Gasteiger partial charge is 0.255 e. The molecule has 0 aliphatic rings. The zero-order valence-corrected chi connectivity index (χ0v) is 24.6. The standard InChI is InChI=1S/C33H27F2N3O4S/c1-36-33(39)30-24-16-22(27(38(2)43(4)40)17-29(24)42-32(30)18-8-11-21(34)12-9-18)19-10-13-28(41-3)23(14-19)26-15-20-6-5-7-25(35)31(20)37-26/h5-17,37H,1-4H3,(H,36,39). The molecule has 0 fully saturated rings. The number of rotatable bonds is 7. The van der Waals surface area contributed by atoms with E-state index in [4.69, 9.17) is 9.15 Å². The van der Waals surface area contributed by atoms with Crippen LogP contribution in [0.5, 0.6) is 5.75 Å². The lowest BCUT2D eigenvalue weighted by Crippen LogP contribution is -2.20. The topological polar surface area (TPSA) is 87.6 Å². The van der Waals surface area contributed by atoms with Crippen LogP contribution in [-0.4, -0.2) is 42.6 Å². The molecule has 1 amide bonds. The van der Waals surface area contributed by atoms with Gasteiger partial charge in [-0.1, -0.05) is 18.2 Å². The van der Waals surface area contributed by atoms with E-state index in [1.807, 2.05) is 36.4 Å². The SMILES string of the molecule is CNC(=O)c1c(-c2ccc(F)cc2)oc2cc(N(C)S(C)=O)c(-c3ccc(OC)c(-c4cc5cccc(F)c5[nH]4)c3)cc12. The van der Waals surface area contributed by atoms with Gasteiger partial charge in [0.25, 0.3) is 5.91 Å². The first-order chi connectivity index (χ1) is 20.7. The van der Waals surface area contributed by atoms with E-state index in [1.54, 1.807) is 49.0 Å². The van der Waals surface area contributed by atoms with Crippen molar-refractivity contribution in [3.8, 4) is 39.5 Å². The summed E-state index contributed by atoms with van der Waals surface area (Å²) in [5.74, 6) is -0.296. The number of carbonyl (C=O) groups excluding carboxylic acids is 1. The monoisotopic (exact) mass is 599 g/mol. The zero-order valence-electron chi connectivity index (χ0n) is 23.7. The molecule has 0 radical (unpaired) electrons. The Balaban J connectivity index is 1.62. The number of anilines is 1. The van der Waals surface area contributed by atoms with Crippen molar-refractivity contribution in [1.82, 2.24) is 10.3 Å². The van der Waals surface area contributed by atoms with E-state index in [-0.39, 0.29) is 23.0 Å². The Bertz CT molecular complexity index is 2050. The average Bonchev–Trinajstić information content (AvgIpc) is 3.62. The highest BCUT2D eigenvalue weighted by Gasteiger charge is 2.25. The molecule has 2 aromatic heterocycles. The summed E-state index contributed by atoms with van der Waals surface area (Å²) in [5, 5.41) is 3.92. The molecule has 6 rings (SSSR count). The van der Waals surface area contributed by atoms with Gasteiger partial charge < -0.3 is 19.5 Å². The van der Waals surface area contributed by atoms with Gasteiger partial charge in [-0.25, -0.2) is 13.0 Å². The van der Waals surface area contributed by atoms with Crippen LogP contribution in [0.1, 0.15) is 10.4 Å². The van der Waals surface area contributed by atoms with Gasteiger partial charge in [0.05, 0.1) is 29.6 Å². The van der Waals surface area contributed by atoms with Crippen LogP contribution in [0.15, 0.2) is 83.3 Å². The van der Waals surface area contributed by atoms with Crippen molar-refractivity contribution in [2.75, 3.05) is 31.8 Å². The van der Waals surface area contributed by atoms with Crippen molar-refractivity contribution < 1.29 is 26.9 Å². The van der Waals surface area contributed by atoms with Crippen molar-refractivity contribution in [2.24, 2.45) is 0 Å². The molecule has 1 unspecified atom stereocenters. The number of amides is 1. The molecule has 0 spiro atoms. The number of para-hydroxylation sites is 1. The maximum Gasteiger partial charge on any atom is 0.255 e. The van der Waals surface area contributed by atoms with Crippen molar-refractivity contribution >= 4 is 44.5 Å². The number of hydrogen-bond donors (Lipinski definition) is 2. The molecule has 10 heteroatoms. The number of fused-ring (bicyclic) bond motifs is 2. The quantitative estimate of drug-likeness (QED) is 0.202. The Labute approximate surface area is 248 Å². The molecular formula is C33H27F2N3O4S. The van der Waals surface area contributed by atoms with E-state index in [2.05, 4.69) is 10.3 Å². The van der Waals surface area contributed by atoms with Crippen molar-refractivity contribution in [1.29, 1.82) is 0 Å². The predicted molar refractivity (Wildman–Crippen MR) is 167 cm³/mol. The van der Waals surface area contributed by atoms with Crippen molar-refractivity contribution in [3.63, 3.8) is 0 Å². The number of ether oxygens (including phenoxy) is 1. The molecule has 43 heavy (non-hydrogen) atoms. The third-order valence-electron chi connectivity index (χ3n) is 7.50. The summed E-state index contributed by atoms with van der Waals surface area (Å²) in [6.45, 7) is 0. The number of H-pyrrole nitrogens is 1. The third-order valence-corrected chi connectivity index (χ3v) is 8.47. The van der Waals surface area contributed by atoms with Gasteiger partial charge in [-0.05, 0) is 60.2 Å². The molecule has 2 heterocycles. The lowest BCUT2D eigenvalue weighted by atomic mass is 9.96. The number of carbonyl (C=O) groups is 1. The number of benzene rings is 4. The first kappa shape index (κ1) is 28.2.